The van der Waals surface area contributed by atoms with Crippen molar-refractivity contribution in [1.29, 1.82) is 0 Å². The molecule has 0 saturated carbocycles. The third kappa shape index (κ3) is 5.58. The van der Waals surface area contributed by atoms with E-state index in [4.69, 9.17) is 17.0 Å². The quantitative estimate of drug-likeness (QED) is 0.500. The van der Waals surface area contributed by atoms with Crippen LogP contribution in [0, 0.1) is 6.92 Å². The maximum absolute atomic E-state index is 12.6. The number of H-pyrrole nitrogens is 1. The van der Waals surface area contributed by atoms with Crippen molar-refractivity contribution in [2.75, 3.05) is 18.5 Å². The Bertz CT molecular complexity index is 1080. The topological polar surface area (TPSA) is 77.6 Å². The van der Waals surface area contributed by atoms with Gasteiger partial charge >= 0.3 is 0 Å². The van der Waals surface area contributed by atoms with Crippen LogP contribution in [0.3, 0.4) is 0 Å². The molecule has 0 aliphatic heterocycles. The van der Waals surface area contributed by atoms with E-state index in [1.54, 1.807) is 11.8 Å². The molecule has 0 bridgehead atoms. The normalized spacial score (nSPS) is 11.9. The van der Waals surface area contributed by atoms with E-state index in [1.807, 2.05) is 62.4 Å². The van der Waals surface area contributed by atoms with E-state index in [-0.39, 0.29) is 12.1 Å². The molecule has 3 aromatic rings. The molecule has 0 amide bonds. The molecule has 1 atom stereocenters. The smallest absolute Gasteiger partial charge is 0.253 e. The van der Waals surface area contributed by atoms with Crippen molar-refractivity contribution in [3.05, 3.63) is 70.0 Å². The minimum atomic E-state index is -0.605. The summed E-state index contributed by atoms with van der Waals surface area (Å²) in [7, 11) is 0. The molecule has 2 aromatic carbocycles. The van der Waals surface area contributed by atoms with E-state index in [0.717, 1.165) is 27.9 Å². The number of aliphatic hydroxyl groups excluding tert-OH is 1. The summed E-state index contributed by atoms with van der Waals surface area (Å²) in [6, 6.07) is 15.3. The van der Waals surface area contributed by atoms with Crippen LogP contribution in [0.2, 0.25) is 0 Å². The summed E-state index contributed by atoms with van der Waals surface area (Å²) < 4.78 is 5.56. The van der Waals surface area contributed by atoms with Crippen molar-refractivity contribution >= 4 is 33.9 Å². The van der Waals surface area contributed by atoms with Crippen LogP contribution in [-0.2, 0) is 6.54 Å². The largest absolute Gasteiger partial charge is 0.494 e. The van der Waals surface area contributed by atoms with Gasteiger partial charge in [-0.2, -0.15) is 0 Å². The zero-order chi connectivity index (χ0) is 21.7. The van der Waals surface area contributed by atoms with Crippen LogP contribution >= 0.6 is 12.2 Å². The van der Waals surface area contributed by atoms with Crippen LogP contribution in [-0.4, -0.2) is 39.4 Å². The summed E-state index contributed by atoms with van der Waals surface area (Å²) >= 11 is 5.57. The number of pyridine rings is 1. The maximum atomic E-state index is 12.6. The Hall–Kier alpha value is -2.90. The van der Waals surface area contributed by atoms with Gasteiger partial charge in [-0.3, -0.25) is 4.79 Å². The van der Waals surface area contributed by atoms with Gasteiger partial charge in [0.1, 0.15) is 5.75 Å². The zero-order valence-corrected chi connectivity index (χ0v) is 18.3. The van der Waals surface area contributed by atoms with Crippen LogP contribution in [0.1, 0.15) is 25.0 Å². The number of rotatable bonds is 7. The van der Waals surface area contributed by atoms with Crippen molar-refractivity contribution in [1.82, 2.24) is 9.88 Å². The number of aryl methyl sites for hydroxylation is 1. The third-order valence-electron chi connectivity index (χ3n) is 4.64. The molecule has 1 heterocycles. The number of nitrogens with one attached hydrogen (secondary N) is 2. The predicted octanol–water partition coefficient (Wildman–Crippen LogP) is 3.82. The lowest BCUT2D eigenvalue weighted by atomic mass is 10.1. The predicted molar refractivity (Wildman–Crippen MR) is 125 cm³/mol. The fourth-order valence-corrected chi connectivity index (χ4v) is 3.44. The molecule has 3 rings (SSSR count). The van der Waals surface area contributed by atoms with E-state index >= 15 is 0 Å². The summed E-state index contributed by atoms with van der Waals surface area (Å²) in [5.74, 6) is 0.750. The van der Waals surface area contributed by atoms with Gasteiger partial charge < -0.3 is 25.0 Å². The number of aromatic nitrogens is 1. The summed E-state index contributed by atoms with van der Waals surface area (Å²) in [6.45, 7) is 6.79. The van der Waals surface area contributed by atoms with Crippen LogP contribution in [0.4, 0.5) is 5.69 Å². The highest BCUT2D eigenvalue weighted by molar-refractivity contribution is 7.80. The number of hydrogen-bond acceptors (Lipinski definition) is 4. The molecule has 0 aliphatic rings. The lowest BCUT2D eigenvalue weighted by Gasteiger charge is -2.27. The average Bonchev–Trinajstić information content (AvgIpc) is 2.70. The molecule has 0 aliphatic carbocycles. The fourth-order valence-electron chi connectivity index (χ4n) is 3.19. The molecule has 6 nitrogen and oxygen atoms in total. The molecule has 30 heavy (non-hydrogen) atoms. The fraction of sp³-hybridized carbons (Fsp3) is 0.304. The lowest BCUT2D eigenvalue weighted by molar-refractivity contribution is 0.158. The van der Waals surface area contributed by atoms with Gasteiger partial charge in [-0.25, -0.2) is 0 Å². The second kappa shape index (κ2) is 9.73. The molecule has 0 radical (unpaired) electrons. The minimum absolute atomic E-state index is 0.180. The first kappa shape index (κ1) is 21.8. The average molecular weight is 426 g/mol. The monoisotopic (exact) mass is 425 g/mol. The van der Waals surface area contributed by atoms with Gasteiger partial charge in [0.25, 0.3) is 5.56 Å². The number of aromatic amines is 1. The highest BCUT2D eigenvalue weighted by Gasteiger charge is 2.16. The van der Waals surface area contributed by atoms with Gasteiger partial charge in [0.05, 0.1) is 19.3 Å². The summed E-state index contributed by atoms with van der Waals surface area (Å²) in [5.41, 5.74) is 3.14. The Morgan fingerprint density at radius 2 is 1.97 bits per heavy atom. The molecule has 0 spiro atoms. The minimum Gasteiger partial charge on any atom is -0.494 e. The number of ether oxygens (including phenoxy) is 1. The Morgan fingerprint density at radius 1 is 1.23 bits per heavy atom. The number of thiocarbonyl (C=S) groups is 1. The first-order valence-electron chi connectivity index (χ1n) is 9.95. The highest BCUT2D eigenvalue weighted by Crippen LogP contribution is 2.20. The summed E-state index contributed by atoms with van der Waals surface area (Å²) in [4.78, 5) is 17.4. The van der Waals surface area contributed by atoms with Crippen molar-refractivity contribution in [3.8, 4) is 5.75 Å². The van der Waals surface area contributed by atoms with Gasteiger partial charge in [-0.15, -0.1) is 0 Å². The standard InChI is InChI=1S/C23H27N3O3S/c1-4-29-20-9-10-21-17(12-20)11-18(22(28)25-21)14-26(13-16(3)27)23(30)24-19-7-5-15(2)6-8-19/h5-12,16,27H,4,13-14H2,1-3H3,(H,24,30)(H,25,28). The molecule has 1 aromatic heterocycles. The first-order valence-corrected chi connectivity index (χ1v) is 10.4. The number of fused-ring (bicyclic) bond motifs is 1. The molecular weight excluding hydrogens is 398 g/mol. The van der Waals surface area contributed by atoms with E-state index < -0.39 is 6.10 Å². The first-order chi connectivity index (χ1) is 14.4. The molecule has 1 unspecified atom stereocenters. The molecule has 0 fully saturated rings. The van der Waals surface area contributed by atoms with Crippen molar-refractivity contribution in [2.45, 2.75) is 33.4 Å². The number of anilines is 1. The second-order valence-corrected chi connectivity index (χ2v) is 7.72. The van der Waals surface area contributed by atoms with Gasteiger partial charge in [-0.1, -0.05) is 17.7 Å². The Labute approximate surface area is 181 Å². The van der Waals surface area contributed by atoms with Gasteiger partial charge in [0.15, 0.2) is 5.11 Å². The number of aliphatic hydroxyl groups is 1. The summed E-state index contributed by atoms with van der Waals surface area (Å²) in [6.07, 6.45) is -0.605. The van der Waals surface area contributed by atoms with Crippen LogP contribution < -0.4 is 15.6 Å². The van der Waals surface area contributed by atoms with Gasteiger partial charge in [0, 0.05) is 28.7 Å². The number of nitrogens with zero attached hydrogens (tertiary/aromatic N) is 1. The Kier molecular flexibility index (Phi) is 7.07. The molecule has 0 saturated heterocycles. The SMILES string of the molecule is CCOc1ccc2[nH]c(=O)c(CN(CC(C)O)C(=S)Nc3ccc(C)cc3)cc2c1. The van der Waals surface area contributed by atoms with Crippen LogP contribution in [0.25, 0.3) is 10.9 Å². The number of hydrogen-bond donors (Lipinski definition) is 3. The Balaban J connectivity index is 1.86. The van der Waals surface area contributed by atoms with E-state index in [1.165, 1.54) is 0 Å². The van der Waals surface area contributed by atoms with Crippen LogP contribution in [0.15, 0.2) is 53.3 Å². The lowest BCUT2D eigenvalue weighted by Crippen LogP contribution is -2.40. The van der Waals surface area contributed by atoms with E-state index in [0.29, 0.717) is 23.8 Å². The summed E-state index contributed by atoms with van der Waals surface area (Å²) in [5, 5.41) is 14.5. The second-order valence-electron chi connectivity index (χ2n) is 7.33. The van der Waals surface area contributed by atoms with Gasteiger partial charge in [0.2, 0.25) is 0 Å². The molecule has 3 N–H and O–H groups in total. The van der Waals surface area contributed by atoms with Crippen LogP contribution in [0.5, 0.6) is 5.75 Å². The van der Waals surface area contributed by atoms with E-state index in [2.05, 4.69) is 10.3 Å². The zero-order valence-electron chi connectivity index (χ0n) is 17.4. The van der Waals surface area contributed by atoms with E-state index in [9.17, 15) is 9.90 Å². The van der Waals surface area contributed by atoms with Crippen molar-refractivity contribution < 1.29 is 9.84 Å². The molecule has 7 heteroatoms. The number of benzene rings is 2. The van der Waals surface area contributed by atoms with Crippen molar-refractivity contribution in [2.24, 2.45) is 0 Å². The Morgan fingerprint density at radius 3 is 2.63 bits per heavy atom. The molecule has 158 valence electrons. The van der Waals surface area contributed by atoms with Gasteiger partial charge in [-0.05, 0) is 69.4 Å². The highest BCUT2D eigenvalue weighted by atomic mass is 32.1. The van der Waals surface area contributed by atoms with Crippen molar-refractivity contribution in [3.63, 3.8) is 0 Å². The molecular formula is C23H27N3O3S. The maximum Gasteiger partial charge on any atom is 0.253 e. The third-order valence-corrected chi connectivity index (χ3v) is 5.00.